The lowest BCUT2D eigenvalue weighted by Gasteiger charge is -2.11. The molecule has 0 radical (unpaired) electrons. The van der Waals surface area contributed by atoms with Gasteiger partial charge in [0, 0.05) is 21.2 Å². The first-order valence-electron chi connectivity index (χ1n) is 10.2. The third-order valence-electron chi connectivity index (χ3n) is 5.64. The number of rotatable bonds is 4. The summed E-state index contributed by atoms with van der Waals surface area (Å²) in [5.41, 5.74) is 3.32. The van der Waals surface area contributed by atoms with Gasteiger partial charge in [0.15, 0.2) is 0 Å². The van der Waals surface area contributed by atoms with Gasteiger partial charge in [-0.1, -0.05) is 42.1 Å². The third kappa shape index (κ3) is 3.39. The predicted molar refractivity (Wildman–Crippen MR) is 129 cm³/mol. The standard InChI is InChI=1S/C23H18N4OS3/c28-20-18-15(13-6-2-1-3-7-13)10-29-23(18)27-17(26-20)11-30-21-19-14-8-4-5-9-16(14)31-22(19)25-12-24-21/h1-3,6-7,10,12H,4-5,8-9,11H2,(H,26,27,28). The van der Waals surface area contributed by atoms with Crippen molar-refractivity contribution in [2.45, 2.75) is 36.5 Å². The lowest BCUT2D eigenvalue weighted by atomic mass is 9.97. The van der Waals surface area contributed by atoms with E-state index in [1.54, 1.807) is 29.4 Å². The number of thiophene rings is 2. The van der Waals surface area contributed by atoms with Crippen LogP contribution in [0.4, 0.5) is 0 Å². The van der Waals surface area contributed by atoms with E-state index in [9.17, 15) is 4.79 Å². The topological polar surface area (TPSA) is 71.5 Å². The first-order valence-corrected chi connectivity index (χ1v) is 12.9. The molecule has 5 nitrogen and oxygen atoms in total. The summed E-state index contributed by atoms with van der Waals surface area (Å²) in [5.74, 6) is 1.25. The summed E-state index contributed by atoms with van der Waals surface area (Å²) < 4.78 is 0. The first kappa shape index (κ1) is 19.2. The smallest absolute Gasteiger partial charge is 0.260 e. The molecule has 0 saturated heterocycles. The Hall–Kier alpha value is -2.55. The zero-order valence-electron chi connectivity index (χ0n) is 16.6. The number of hydrogen-bond acceptors (Lipinski definition) is 7. The van der Waals surface area contributed by atoms with Crippen LogP contribution in [-0.2, 0) is 18.6 Å². The molecule has 1 N–H and O–H groups in total. The Labute approximate surface area is 190 Å². The number of aromatic nitrogens is 4. The Bertz CT molecular complexity index is 1470. The molecule has 1 aliphatic carbocycles. The van der Waals surface area contributed by atoms with Crippen LogP contribution in [0.1, 0.15) is 29.1 Å². The van der Waals surface area contributed by atoms with Crippen LogP contribution in [0.3, 0.4) is 0 Å². The Morgan fingerprint density at radius 2 is 1.90 bits per heavy atom. The number of H-pyrrole nitrogens is 1. The van der Waals surface area contributed by atoms with Crippen molar-refractivity contribution in [3.63, 3.8) is 0 Å². The van der Waals surface area contributed by atoms with Gasteiger partial charge in [0.1, 0.15) is 26.8 Å². The van der Waals surface area contributed by atoms with E-state index < -0.39 is 0 Å². The number of aromatic amines is 1. The summed E-state index contributed by atoms with van der Waals surface area (Å²) in [6, 6.07) is 9.98. The molecule has 1 aromatic carbocycles. The minimum absolute atomic E-state index is 0.0820. The Morgan fingerprint density at radius 1 is 1.03 bits per heavy atom. The van der Waals surface area contributed by atoms with Gasteiger partial charge in [-0.2, -0.15) is 0 Å². The van der Waals surface area contributed by atoms with Gasteiger partial charge in [-0.05, 0) is 36.8 Å². The molecule has 4 heterocycles. The lowest BCUT2D eigenvalue weighted by Crippen LogP contribution is -2.10. The van der Waals surface area contributed by atoms with E-state index in [2.05, 4.69) is 15.0 Å². The van der Waals surface area contributed by atoms with Crippen molar-refractivity contribution < 1.29 is 0 Å². The van der Waals surface area contributed by atoms with Gasteiger partial charge in [0.05, 0.1) is 11.1 Å². The average Bonchev–Trinajstić information content (AvgIpc) is 3.40. The molecule has 1 aliphatic rings. The van der Waals surface area contributed by atoms with Gasteiger partial charge < -0.3 is 4.98 Å². The Kier molecular flexibility index (Phi) is 4.85. The maximum atomic E-state index is 12.9. The number of benzene rings is 1. The van der Waals surface area contributed by atoms with Crippen molar-refractivity contribution >= 4 is 54.9 Å². The van der Waals surface area contributed by atoms with Crippen LogP contribution in [0.25, 0.3) is 31.6 Å². The summed E-state index contributed by atoms with van der Waals surface area (Å²) in [6.07, 6.45) is 6.39. The monoisotopic (exact) mass is 462 g/mol. The molecule has 0 fully saturated rings. The molecular formula is C23H18N4OS3. The lowest BCUT2D eigenvalue weighted by molar-refractivity contribution is 0.699. The highest BCUT2D eigenvalue weighted by Gasteiger charge is 2.20. The largest absolute Gasteiger partial charge is 0.309 e. The number of aryl methyl sites for hydroxylation is 2. The number of fused-ring (bicyclic) bond motifs is 4. The Balaban J connectivity index is 1.34. The molecule has 5 aromatic rings. The second-order valence-corrected chi connectivity index (χ2v) is 10.5. The molecule has 154 valence electrons. The van der Waals surface area contributed by atoms with Crippen LogP contribution in [0, 0.1) is 0 Å². The first-order chi connectivity index (χ1) is 15.3. The molecular weight excluding hydrogens is 444 g/mol. The second kappa shape index (κ2) is 7.85. The highest BCUT2D eigenvalue weighted by atomic mass is 32.2. The maximum absolute atomic E-state index is 12.9. The molecule has 4 aromatic heterocycles. The molecule has 0 atom stereocenters. The van der Waals surface area contributed by atoms with E-state index in [-0.39, 0.29) is 5.56 Å². The molecule has 8 heteroatoms. The maximum Gasteiger partial charge on any atom is 0.260 e. The highest BCUT2D eigenvalue weighted by molar-refractivity contribution is 7.98. The van der Waals surface area contributed by atoms with Gasteiger partial charge in [-0.15, -0.1) is 22.7 Å². The van der Waals surface area contributed by atoms with Gasteiger partial charge >= 0.3 is 0 Å². The molecule has 0 aliphatic heterocycles. The summed E-state index contributed by atoms with van der Waals surface area (Å²) in [7, 11) is 0. The number of nitrogens with one attached hydrogen (secondary N) is 1. The predicted octanol–water partition coefficient (Wildman–Crippen LogP) is 5.83. The molecule has 0 unspecified atom stereocenters. The molecule has 0 amide bonds. The van der Waals surface area contributed by atoms with Gasteiger partial charge in [-0.25, -0.2) is 15.0 Å². The molecule has 31 heavy (non-hydrogen) atoms. The minimum Gasteiger partial charge on any atom is -0.309 e. The fourth-order valence-electron chi connectivity index (χ4n) is 4.20. The highest BCUT2D eigenvalue weighted by Crippen LogP contribution is 2.39. The van der Waals surface area contributed by atoms with Crippen molar-refractivity contribution in [1.29, 1.82) is 0 Å². The van der Waals surface area contributed by atoms with E-state index in [4.69, 9.17) is 4.98 Å². The van der Waals surface area contributed by atoms with Crippen LogP contribution >= 0.6 is 34.4 Å². The summed E-state index contributed by atoms with van der Waals surface area (Å²) in [4.78, 5) is 33.1. The van der Waals surface area contributed by atoms with E-state index >= 15 is 0 Å². The summed E-state index contributed by atoms with van der Waals surface area (Å²) in [6.45, 7) is 0. The number of nitrogens with zero attached hydrogens (tertiary/aromatic N) is 3. The van der Waals surface area contributed by atoms with Crippen LogP contribution in [0.5, 0.6) is 0 Å². The van der Waals surface area contributed by atoms with Gasteiger partial charge in [-0.3, -0.25) is 4.79 Å². The molecule has 0 bridgehead atoms. The fraction of sp³-hybridized carbons (Fsp3) is 0.217. The summed E-state index contributed by atoms with van der Waals surface area (Å²) >= 11 is 4.95. The van der Waals surface area contributed by atoms with Gasteiger partial charge in [0.25, 0.3) is 5.56 Å². The van der Waals surface area contributed by atoms with Crippen LogP contribution in [0.15, 0.2) is 51.9 Å². The van der Waals surface area contributed by atoms with Crippen LogP contribution < -0.4 is 5.56 Å². The molecule has 6 rings (SSSR count). The van der Waals surface area contributed by atoms with Gasteiger partial charge in [0.2, 0.25) is 0 Å². The molecule has 0 saturated carbocycles. The number of thioether (sulfide) groups is 1. The van der Waals surface area contributed by atoms with E-state index in [0.29, 0.717) is 17.0 Å². The SMILES string of the molecule is O=c1[nH]c(CSc2ncnc3sc4c(c23)CCCC4)nc2scc(-c3ccccc3)c12. The van der Waals surface area contributed by atoms with Crippen LogP contribution in [0.2, 0.25) is 0 Å². The van der Waals surface area contributed by atoms with Crippen molar-refractivity contribution in [3.05, 3.63) is 68.7 Å². The van der Waals surface area contributed by atoms with E-state index in [0.717, 1.165) is 38.7 Å². The number of hydrogen-bond donors (Lipinski definition) is 1. The zero-order valence-corrected chi connectivity index (χ0v) is 19.0. The third-order valence-corrected chi connectivity index (χ3v) is 8.71. The summed E-state index contributed by atoms with van der Waals surface area (Å²) in [5, 5.41) is 4.88. The average molecular weight is 463 g/mol. The van der Waals surface area contributed by atoms with Crippen molar-refractivity contribution in [1.82, 2.24) is 19.9 Å². The van der Waals surface area contributed by atoms with E-state index in [1.165, 1.54) is 40.0 Å². The Morgan fingerprint density at radius 3 is 2.81 bits per heavy atom. The van der Waals surface area contributed by atoms with Crippen molar-refractivity contribution in [2.24, 2.45) is 0 Å². The van der Waals surface area contributed by atoms with Crippen LogP contribution in [-0.4, -0.2) is 19.9 Å². The second-order valence-electron chi connectivity index (χ2n) is 7.57. The van der Waals surface area contributed by atoms with Crippen molar-refractivity contribution in [2.75, 3.05) is 0 Å². The van der Waals surface area contributed by atoms with Crippen molar-refractivity contribution in [3.8, 4) is 11.1 Å². The fourth-order valence-corrected chi connectivity index (χ4v) is 7.36. The zero-order chi connectivity index (χ0) is 20.8. The minimum atomic E-state index is -0.0820. The molecule has 0 spiro atoms. The quantitative estimate of drug-likeness (QED) is 0.269. The normalized spacial score (nSPS) is 13.7. The van der Waals surface area contributed by atoms with E-state index in [1.807, 2.05) is 35.7 Å².